The summed E-state index contributed by atoms with van der Waals surface area (Å²) in [6.45, 7) is 1.07. The molecule has 24 heavy (non-hydrogen) atoms. The van der Waals surface area contributed by atoms with E-state index in [1.807, 2.05) is 0 Å². The van der Waals surface area contributed by atoms with Crippen molar-refractivity contribution in [1.82, 2.24) is 14.9 Å². The Bertz CT molecular complexity index is 693. The molecule has 0 saturated carbocycles. The molecule has 3 rings (SSSR count). The van der Waals surface area contributed by atoms with Crippen LogP contribution in [0.5, 0.6) is 0 Å². The van der Waals surface area contributed by atoms with Crippen molar-refractivity contribution < 1.29 is 14.3 Å². The van der Waals surface area contributed by atoms with E-state index in [-0.39, 0.29) is 18.3 Å². The van der Waals surface area contributed by atoms with Crippen LogP contribution in [-0.2, 0) is 6.42 Å². The van der Waals surface area contributed by atoms with Gasteiger partial charge in [-0.3, -0.25) is 9.78 Å². The number of aromatic nitrogens is 2. The zero-order valence-electron chi connectivity index (χ0n) is 13.4. The van der Waals surface area contributed by atoms with E-state index in [4.69, 9.17) is 0 Å². The molecule has 1 unspecified atom stereocenters. The van der Waals surface area contributed by atoms with Gasteiger partial charge in [-0.05, 0) is 37.0 Å². The third-order valence-electron chi connectivity index (χ3n) is 4.56. The Morgan fingerprint density at radius 3 is 2.75 bits per heavy atom. The van der Waals surface area contributed by atoms with E-state index in [9.17, 15) is 14.3 Å². The summed E-state index contributed by atoms with van der Waals surface area (Å²) >= 11 is 0. The summed E-state index contributed by atoms with van der Waals surface area (Å²) in [6, 6.07) is 6.31. The van der Waals surface area contributed by atoms with Crippen molar-refractivity contribution >= 4 is 5.91 Å². The van der Waals surface area contributed by atoms with E-state index >= 15 is 0 Å². The SMILES string of the molecule is O=C(c1cnccn1)N1CCCC(CO)(Cc2ccc(F)cc2)C1. The molecule has 1 aliphatic heterocycles. The topological polar surface area (TPSA) is 66.3 Å². The quantitative estimate of drug-likeness (QED) is 0.932. The third kappa shape index (κ3) is 3.59. The monoisotopic (exact) mass is 329 g/mol. The lowest BCUT2D eigenvalue weighted by molar-refractivity contribution is 0.0267. The number of hydrogen-bond acceptors (Lipinski definition) is 4. The molecule has 1 aromatic heterocycles. The number of nitrogens with zero attached hydrogens (tertiary/aromatic N) is 3. The first kappa shape index (κ1) is 16.5. The van der Waals surface area contributed by atoms with Crippen molar-refractivity contribution in [2.24, 2.45) is 5.41 Å². The van der Waals surface area contributed by atoms with Gasteiger partial charge in [0.2, 0.25) is 0 Å². The van der Waals surface area contributed by atoms with Gasteiger partial charge in [0.1, 0.15) is 11.5 Å². The predicted octanol–water partition coefficient (Wildman–Crippen LogP) is 2.07. The highest BCUT2D eigenvalue weighted by Gasteiger charge is 2.37. The second kappa shape index (κ2) is 7.05. The maximum absolute atomic E-state index is 13.1. The fourth-order valence-electron chi connectivity index (χ4n) is 3.32. The molecule has 126 valence electrons. The molecule has 0 spiro atoms. The van der Waals surface area contributed by atoms with Crippen molar-refractivity contribution in [3.8, 4) is 0 Å². The lowest BCUT2D eigenvalue weighted by Crippen LogP contribution is -2.49. The average Bonchev–Trinajstić information content (AvgIpc) is 2.64. The predicted molar refractivity (Wildman–Crippen MR) is 86.8 cm³/mol. The summed E-state index contributed by atoms with van der Waals surface area (Å²) in [5, 5.41) is 9.99. The minimum Gasteiger partial charge on any atom is -0.396 e. The van der Waals surface area contributed by atoms with Crippen molar-refractivity contribution in [2.75, 3.05) is 19.7 Å². The Morgan fingerprint density at radius 2 is 2.08 bits per heavy atom. The summed E-state index contributed by atoms with van der Waals surface area (Å²) in [5.74, 6) is -0.445. The second-order valence-corrected chi connectivity index (χ2v) is 6.38. The highest BCUT2D eigenvalue weighted by molar-refractivity contribution is 5.92. The van der Waals surface area contributed by atoms with E-state index in [0.29, 0.717) is 25.2 Å². The minimum absolute atomic E-state index is 0.0192. The maximum atomic E-state index is 13.1. The molecule has 0 aliphatic carbocycles. The van der Waals surface area contributed by atoms with Crippen LogP contribution in [0.25, 0.3) is 0 Å². The number of aliphatic hydroxyl groups is 1. The van der Waals surface area contributed by atoms with Gasteiger partial charge in [-0.1, -0.05) is 12.1 Å². The summed E-state index contributed by atoms with van der Waals surface area (Å²) in [7, 11) is 0. The lowest BCUT2D eigenvalue weighted by Gasteiger charge is -2.42. The Balaban J connectivity index is 1.76. The maximum Gasteiger partial charge on any atom is 0.274 e. The molecule has 1 amide bonds. The van der Waals surface area contributed by atoms with Crippen LogP contribution >= 0.6 is 0 Å². The standard InChI is InChI=1S/C18H20FN3O2/c19-15-4-2-14(3-5-15)10-18(13-23)6-1-9-22(12-18)17(24)16-11-20-7-8-21-16/h2-5,7-8,11,23H,1,6,9-10,12-13H2. The van der Waals surface area contributed by atoms with Crippen LogP contribution in [0.3, 0.4) is 0 Å². The molecule has 2 heterocycles. The van der Waals surface area contributed by atoms with Crippen molar-refractivity contribution in [2.45, 2.75) is 19.3 Å². The smallest absolute Gasteiger partial charge is 0.274 e. The number of carbonyl (C=O) groups is 1. The summed E-state index contributed by atoms with van der Waals surface area (Å²) < 4.78 is 13.1. The van der Waals surface area contributed by atoms with E-state index < -0.39 is 5.41 Å². The molecule has 1 atom stereocenters. The molecule has 1 aromatic carbocycles. The summed E-state index contributed by atoms with van der Waals surface area (Å²) in [5.41, 5.74) is 0.862. The molecule has 0 radical (unpaired) electrons. The molecular weight excluding hydrogens is 309 g/mol. The first-order chi connectivity index (χ1) is 11.6. The van der Waals surface area contributed by atoms with E-state index in [1.54, 1.807) is 17.0 Å². The van der Waals surface area contributed by atoms with Crippen molar-refractivity contribution in [3.05, 3.63) is 59.9 Å². The van der Waals surface area contributed by atoms with Gasteiger partial charge in [-0.25, -0.2) is 9.37 Å². The van der Waals surface area contributed by atoms with E-state index in [2.05, 4.69) is 9.97 Å². The van der Waals surface area contributed by atoms with Crippen LogP contribution < -0.4 is 0 Å². The van der Waals surface area contributed by atoms with Crippen LogP contribution in [0.1, 0.15) is 28.9 Å². The second-order valence-electron chi connectivity index (χ2n) is 6.38. The largest absolute Gasteiger partial charge is 0.396 e. The fraction of sp³-hybridized carbons (Fsp3) is 0.389. The fourth-order valence-corrected chi connectivity index (χ4v) is 3.32. The van der Waals surface area contributed by atoms with Gasteiger partial charge in [0.15, 0.2) is 0 Å². The summed E-state index contributed by atoms with van der Waals surface area (Å²) in [6.07, 6.45) is 6.72. The van der Waals surface area contributed by atoms with Crippen molar-refractivity contribution in [1.29, 1.82) is 0 Å². The normalized spacial score (nSPS) is 20.8. The van der Waals surface area contributed by atoms with Gasteiger partial charge in [0.25, 0.3) is 5.91 Å². The summed E-state index contributed by atoms with van der Waals surface area (Å²) in [4.78, 5) is 22.3. The Labute approximate surface area is 140 Å². The molecule has 1 fully saturated rings. The van der Waals surface area contributed by atoms with Gasteiger partial charge >= 0.3 is 0 Å². The molecule has 1 N–H and O–H groups in total. The molecule has 1 aliphatic rings. The molecule has 5 nitrogen and oxygen atoms in total. The lowest BCUT2D eigenvalue weighted by atomic mass is 9.75. The van der Waals surface area contributed by atoms with Crippen LogP contribution in [-0.4, -0.2) is 45.6 Å². The van der Waals surface area contributed by atoms with E-state index in [1.165, 1.54) is 30.7 Å². The van der Waals surface area contributed by atoms with Crippen LogP contribution in [0.2, 0.25) is 0 Å². The average molecular weight is 329 g/mol. The number of likely N-dealkylation sites (tertiary alicyclic amines) is 1. The number of amides is 1. The first-order valence-electron chi connectivity index (χ1n) is 8.02. The molecule has 0 bridgehead atoms. The first-order valence-corrected chi connectivity index (χ1v) is 8.02. The number of benzene rings is 1. The Hall–Kier alpha value is -2.34. The number of halogens is 1. The van der Waals surface area contributed by atoms with Gasteiger partial charge < -0.3 is 10.0 Å². The molecule has 6 heteroatoms. The number of rotatable bonds is 4. The van der Waals surface area contributed by atoms with Crippen molar-refractivity contribution in [3.63, 3.8) is 0 Å². The zero-order chi connectivity index (χ0) is 17.0. The number of hydrogen-bond donors (Lipinski definition) is 1. The molecule has 2 aromatic rings. The third-order valence-corrected chi connectivity index (χ3v) is 4.56. The molecular formula is C18H20FN3O2. The van der Waals surface area contributed by atoms with Crippen LogP contribution in [0.15, 0.2) is 42.9 Å². The number of piperidine rings is 1. The molecule has 1 saturated heterocycles. The highest BCUT2D eigenvalue weighted by Crippen LogP contribution is 2.34. The zero-order valence-corrected chi connectivity index (χ0v) is 13.4. The van der Waals surface area contributed by atoms with Crippen LogP contribution in [0, 0.1) is 11.2 Å². The minimum atomic E-state index is -0.409. The Morgan fingerprint density at radius 1 is 1.29 bits per heavy atom. The van der Waals surface area contributed by atoms with Gasteiger partial charge in [-0.15, -0.1) is 0 Å². The van der Waals surface area contributed by atoms with Gasteiger partial charge in [0.05, 0.1) is 12.8 Å². The number of aliphatic hydroxyl groups excluding tert-OH is 1. The highest BCUT2D eigenvalue weighted by atomic mass is 19.1. The van der Waals surface area contributed by atoms with E-state index in [0.717, 1.165) is 18.4 Å². The van der Waals surface area contributed by atoms with Gasteiger partial charge in [0, 0.05) is 30.9 Å². The van der Waals surface area contributed by atoms with Crippen LogP contribution in [0.4, 0.5) is 4.39 Å². The number of carbonyl (C=O) groups excluding carboxylic acids is 1. The Kier molecular flexibility index (Phi) is 4.85. The van der Waals surface area contributed by atoms with Gasteiger partial charge in [-0.2, -0.15) is 0 Å².